The second-order valence-corrected chi connectivity index (χ2v) is 6.71. The number of hydrogen-bond donors (Lipinski definition) is 2. The largest absolute Gasteiger partial charge is 0.493 e. The number of ether oxygens (including phenoxy) is 2. The van der Waals surface area contributed by atoms with E-state index in [9.17, 15) is 4.79 Å². The van der Waals surface area contributed by atoms with E-state index in [0.29, 0.717) is 17.2 Å². The highest BCUT2D eigenvalue weighted by atomic mass is 32.2. The first-order chi connectivity index (χ1) is 12.1. The van der Waals surface area contributed by atoms with Crippen molar-refractivity contribution in [3.05, 3.63) is 42.5 Å². The Bertz CT molecular complexity index is 861. The maximum atomic E-state index is 12.4. The van der Waals surface area contributed by atoms with Gasteiger partial charge in [0.1, 0.15) is 0 Å². The minimum Gasteiger partial charge on any atom is -0.493 e. The predicted molar refractivity (Wildman–Crippen MR) is 99.6 cm³/mol. The number of para-hydroxylation sites is 2. The van der Waals surface area contributed by atoms with Gasteiger partial charge in [0, 0.05) is 11.8 Å². The van der Waals surface area contributed by atoms with Gasteiger partial charge in [0.15, 0.2) is 16.7 Å². The van der Waals surface area contributed by atoms with E-state index in [4.69, 9.17) is 9.47 Å². The van der Waals surface area contributed by atoms with Crippen molar-refractivity contribution in [1.82, 2.24) is 9.97 Å². The maximum Gasteiger partial charge on any atom is 0.237 e. The summed E-state index contributed by atoms with van der Waals surface area (Å²) in [6.45, 7) is 1.84. The molecule has 0 radical (unpaired) electrons. The molecule has 3 rings (SSSR count). The Labute approximate surface area is 149 Å². The number of aromatic amines is 1. The van der Waals surface area contributed by atoms with E-state index in [1.165, 1.54) is 11.8 Å². The topological polar surface area (TPSA) is 76.2 Å². The van der Waals surface area contributed by atoms with Crippen LogP contribution in [0.3, 0.4) is 0 Å². The third-order valence-electron chi connectivity index (χ3n) is 3.68. The predicted octanol–water partition coefficient (Wildman–Crippen LogP) is 3.70. The number of carbonyl (C=O) groups is 1. The number of benzene rings is 2. The van der Waals surface area contributed by atoms with Gasteiger partial charge in [-0.3, -0.25) is 4.79 Å². The molecule has 0 spiro atoms. The van der Waals surface area contributed by atoms with E-state index < -0.39 is 0 Å². The van der Waals surface area contributed by atoms with Crippen molar-refractivity contribution in [2.24, 2.45) is 0 Å². The Morgan fingerprint density at radius 1 is 1.16 bits per heavy atom. The third kappa shape index (κ3) is 3.88. The highest BCUT2D eigenvalue weighted by molar-refractivity contribution is 8.00. The molecule has 1 heterocycles. The highest BCUT2D eigenvalue weighted by Crippen LogP contribution is 2.30. The molecule has 130 valence electrons. The number of H-pyrrole nitrogens is 1. The summed E-state index contributed by atoms with van der Waals surface area (Å²) in [5, 5.41) is 3.29. The molecule has 2 N–H and O–H groups in total. The lowest BCUT2D eigenvalue weighted by atomic mass is 10.2. The summed E-state index contributed by atoms with van der Waals surface area (Å²) >= 11 is 1.38. The summed E-state index contributed by atoms with van der Waals surface area (Å²) in [6.07, 6.45) is 0. The summed E-state index contributed by atoms with van der Waals surface area (Å²) in [4.78, 5) is 20.1. The van der Waals surface area contributed by atoms with Crippen molar-refractivity contribution in [3.8, 4) is 11.5 Å². The molecule has 0 fully saturated rings. The minimum atomic E-state index is -0.311. The molecule has 0 saturated carbocycles. The lowest BCUT2D eigenvalue weighted by Crippen LogP contribution is -2.22. The van der Waals surface area contributed by atoms with Crippen LogP contribution in [0.2, 0.25) is 0 Å². The molecule has 0 aliphatic heterocycles. The molecule has 0 aliphatic carbocycles. The number of aromatic nitrogens is 2. The monoisotopic (exact) mass is 357 g/mol. The van der Waals surface area contributed by atoms with Crippen LogP contribution < -0.4 is 14.8 Å². The summed E-state index contributed by atoms with van der Waals surface area (Å²) in [5.74, 6) is 1.07. The minimum absolute atomic E-state index is 0.113. The summed E-state index contributed by atoms with van der Waals surface area (Å²) in [5.41, 5.74) is 2.50. The fourth-order valence-electron chi connectivity index (χ4n) is 2.36. The number of hydrogen-bond acceptors (Lipinski definition) is 5. The number of fused-ring (bicyclic) bond motifs is 1. The molecule has 6 nitrogen and oxygen atoms in total. The summed E-state index contributed by atoms with van der Waals surface area (Å²) in [6, 6.07) is 13.0. The Morgan fingerprint density at radius 3 is 2.64 bits per heavy atom. The lowest BCUT2D eigenvalue weighted by Gasteiger charge is -2.13. The molecule has 0 bridgehead atoms. The molecule has 0 saturated heterocycles. The van der Waals surface area contributed by atoms with Crippen LogP contribution in [-0.4, -0.2) is 35.3 Å². The molecule has 0 unspecified atom stereocenters. The number of imidazole rings is 1. The van der Waals surface area contributed by atoms with Crippen LogP contribution in [0.5, 0.6) is 11.5 Å². The number of rotatable bonds is 6. The van der Waals surface area contributed by atoms with Gasteiger partial charge in [-0.15, -0.1) is 0 Å². The molecule has 1 atom stereocenters. The van der Waals surface area contributed by atoms with Gasteiger partial charge in [-0.05, 0) is 31.2 Å². The van der Waals surface area contributed by atoms with E-state index in [1.54, 1.807) is 32.4 Å². The van der Waals surface area contributed by atoms with Crippen LogP contribution in [0.1, 0.15) is 6.92 Å². The number of methoxy groups -OCH3 is 2. The molecular formula is C18H19N3O3S. The molecule has 3 aromatic rings. The van der Waals surface area contributed by atoms with Gasteiger partial charge in [0.2, 0.25) is 5.91 Å². The Balaban J connectivity index is 1.68. The number of carbonyl (C=O) groups excluding carboxylic acids is 1. The fourth-order valence-corrected chi connectivity index (χ4v) is 3.18. The van der Waals surface area contributed by atoms with E-state index in [1.807, 2.05) is 31.2 Å². The Hall–Kier alpha value is -2.67. The Kier molecular flexibility index (Phi) is 5.14. The molecular weight excluding hydrogens is 338 g/mol. The lowest BCUT2D eigenvalue weighted by molar-refractivity contribution is -0.115. The smallest absolute Gasteiger partial charge is 0.237 e. The highest BCUT2D eigenvalue weighted by Gasteiger charge is 2.17. The summed E-state index contributed by atoms with van der Waals surface area (Å²) < 4.78 is 10.4. The zero-order chi connectivity index (χ0) is 17.8. The molecule has 7 heteroatoms. The van der Waals surface area contributed by atoms with Crippen LogP contribution in [0.25, 0.3) is 11.0 Å². The second kappa shape index (κ2) is 7.48. The molecule has 25 heavy (non-hydrogen) atoms. The first-order valence-electron chi connectivity index (χ1n) is 7.75. The van der Waals surface area contributed by atoms with E-state index in [-0.39, 0.29) is 11.2 Å². The number of amides is 1. The average Bonchev–Trinajstić information content (AvgIpc) is 3.03. The van der Waals surface area contributed by atoms with E-state index in [2.05, 4.69) is 15.3 Å². The first kappa shape index (κ1) is 17.2. The van der Waals surface area contributed by atoms with E-state index >= 15 is 0 Å². The van der Waals surface area contributed by atoms with Crippen LogP contribution >= 0.6 is 11.8 Å². The first-order valence-corrected chi connectivity index (χ1v) is 8.63. The van der Waals surface area contributed by atoms with Gasteiger partial charge < -0.3 is 19.8 Å². The van der Waals surface area contributed by atoms with Crippen molar-refractivity contribution >= 4 is 34.4 Å². The SMILES string of the molecule is COc1ccc(NC(=O)[C@H](C)Sc2nc3ccccc3[nH]2)cc1OC. The maximum absolute atomic E-state index is 12.4. The van der Waals surface area contributed by atoms with Gasteiger partial charge in [0.25, 0.3) is 0 Å². The van der Waals surface area contributed by atoms with Crippen LogP contribution in [0.15, 0.2) is 47.6 Å². The standard InChI is InChI=1S/C18H19N3O3S/c1-11(25-18-20-13-6-4-5-7-14(13)21-18)17(22)19-12-8-9-15(23-2)16(10-12)24-3/h4-11H,1-3H3,(H,19,22)(H,20,21)/t11-/m0/s1. The molecule has 1 aromatic heterocycles. The zero-order valence-corrected chi connectivity index (χ0v) is 15.0. The zero-order valence-electron chi connectivity index (χ0n) is 14.2. The Morgan fingerprint density at radius 2 is 1.92 bits per heavy atom. The van der Waals surface area contributed by atoms with Gasteiger partial charge in [-0.2, -0.15) is 0 Å². The number of nitrogens with one attached hydrogen (secondary N) is 2. The van der Waals surface area contributed by atoms with Gasteiger partial charge in [-0.1, -0.05) is 23.9 Å². The van der Waals surface area contributed by atoms with Crippen LogP contribution in [-0.2, 0) is 4.79 Å². The van der Waals surface area contributed by atoms with Crippen molar-refractivity contribution in [2.45, 2.75) is 17.3 Å². The fraction of sp³-hybridized carbons (Fsp3) is 0.222. The van der Waals surface area contributed by atoms with Gasteiger partial charge >= 0.3 is 0 Å². The second-order valence-electron chi connectivity index (χ2n) is 5.38. The number of nitrogens with zero attached hydrogens (tertiary/aromatic N) is 1. The third-order valence-corrected chi connectivity index (χ3v) is 4.66. The molecule has 1 amide bonds. The molecule has 2 aromatic carbocycles. The summed E-state index contributed by atoms with van der Waals surface area (Å²) in [7, 11) is 3.13. The number of thioether (sulfide) groups is 1. The molecule has 0 aliphatic rings. The van der Waals surface area contributed by atoms with Crippen LogP contribution in [0, 0.1) is 0 Å². The van der Waals surface area contributed by atoms with Crippen molar-refractivity contribution in [2.75, 3.05) is 19.5 Å². The average molecular weight is 357 g/mol. The van der Waals surface area contributed by atoms with Crippen molar-refractivity contribution in [1.29, 1.82) is 0 Å². The van der Waals surface area contributed by atoms with Gasteiger partial charge in [0.05, 0.1) is 30.5 Å². The number of anilines is 1. The van der Waals surface area contributed by atoms with Crippen molar-refractivity contribution < 1.29 is 14.3 Å². The van der Waals surface area contributed by atoms with Crippen LogP contribution in [0.4, 0.5) is 5.69 Å². The van der Waals surface area contributed by atoms with E-state index in [0.717, 1.165) is 16.2 Å². The van der Waals surface area contributed by atoms with Gasteiger partial charge in [-0.25, -0.2) is 4.98 Å². The quantitative estimate of drug-likeness (QED) is 0.658. The van der Waals surface area contributed by atoms with Crippen molar-refractivity contribution in [3.63, 3.8) is 0 Å². The normalized spacial score (nSPS) is 12.0.